The van der Waals surface area contributed by atoms with E-state index in [1.54, 1.807) is 0 Å². The SMILES string of the molecule is CC[C@@H]1CCCC[C@H]1[B-](F)(F)F.[K+]. The first-order valence-electron chi connectivity index (χ1n) is 4.75. The third-order valence-electron chi connectivity index (χ3n) is 2.98. The van der Waals surface area contributed by atoms with Crippen LogP contribution in [0.25, 0.3) is 0 Å². The molecule has 0 N–H and O–H groups in total. The number of halogens is 3. The van der Waals surface area contributed by atoms with Crippen LogP contribution < -0.4 is 51.4 Å². The molecule has 5 heteroatoms. The molecule has 0 aliphatic heterocycles. The summed E-state index contributed by atoms with van der Waals surface area (Å²) in [4.78, 5) is 0. The molecule has 0 amide bonds. The first-order valence-corrected chi connectivity index (χ1v) is 4.75. The fourth-order valence-electron chi connectivity index (χ4n) is 2.24. The maximum absolute atomic E-state index is 12.4. The standard InChI is InChI=1S/C8H15BF3.K/c1-2-7-5-3-4-6-8(7)9(10,11)12;/h7-8H,2-6H2,1H3;/q-1;+1/t7-,8-;/m1./s1. The third-order valence-corrected chi connectivity index (χ3v) is 2.98. The van der Waals surface area contributed by atoms with Crippen LogP contribution in [0.1, 0.15) is 39.0 Å². The van der Waals surface area contributed by atoms with E-state index in [2.05, 4.69) is 0 Å². The van der Waals surface area contributed by atoms with Crippen LogP contribution in [0, 0.1) is 5.92 Å². The molecular formula is C8H15BF3K. The minimum atomic E-state index is -4.58. The van der Waals surface area contributed by atoms with Crippen LogP contribution in [0.15, 0.2) is 0 Å². The summed E-state index contributed by atoms with van der Waals surface area (Å²) in [6, 6.07) is 0. The molecule has 0 bridgehead atoms. The summed E-state index contributed by atoms with van der Waals surface area (Å²) in [5.74, 6) is -1.04. The van der Waals surface area contributed by atoms with Crippen molar-refractivity contribution in [2.45, 2.75) is 44.8 Å². The van der Waals surface area contributed by atoms with Crippen molar-refractivity contribution >= 4 is 6.98 Å². The monoisotopic (exact) mass is 218 g/mol. The average Bonchev–Trinajstić information content (AvgIpc) is 2.03. The minimum Gasteiger partial charge on any atom is -0.449 e. The fourth-order valence-corrected chi connectivity index (χ4v) is 2.24. The van der Waals surface area contributed by atoms with Gasteiger partial charge in [-0.15, -0.1) is 0 Å². The molecule has 0 saturated heterocycles. The molecule has 1 aliphatic rings. The summed E-state index contributed by atoms with van der Waals surface area (Å²) < 4.78 is 37.3. The summed E-state index contributed by atoms with van der Waals surface area (Å²) in [5.41, 5.74) is 0. The summed E-state index contributed by atoms with van der Waals surface area (Å²) in [5, 5.41) is 0. The Morgan fingerprint density at radius 3 is 2.08 bits per heavy atom. The van der Waals surface area contributed by atoms with Crippen LogP contribution >= 0.6 is 0 Å². The molecule has 2 atom stereocenters. The van der Waals surface area contributed by atoms with E-state index in [9.17, 15) is 12.9 Å². The first-order chi connectivity index (χ1) is 5.55. The molecule has 1 rings (SSSR count). The Morgan fingerprint density at radius 1 is 1.15 bits per heavy atom. The van der Waals surface area contributed by atoms with Gasteiger partial charge in [0.2, 0.25) is 0 Å². The van der Waals surface area contributed by atoms with Crippen molar-refractivity contribution in [1.82, 2.24) is 0 Å². The molecule has 0 nitrogen and oxygen atoms in total. The van der Waals surface area contributed by atoms with Crippen molar-refractivity contribution in [1.29, 1.82) is 0 Å². The third kappa shape index (κ3) is 4.24. The average molecular weight is 218 g/mol. The van der Waals surface area contributed by atoms with Gasteiger partial charge in [0.05, 0.1) is 0 Å². The van der Waals surface area contributed by atoms with Gasteiger partial charge in [-0.2, -0.15) is 0 Å². The second-order valence-corrected chi connectivity index (χ2v) is 3.74. The number of rotatable bonds is 2. The molecule has 0 aromatic heterocycles. The van der Waals surface area contributed by atoms with E-state index in [4.69, 9.17) is 0 Å². The van der Waals surface area contributed by atoms with Gasteiger partial charge in [0, 0.05) is 0 Å². The quantitative estimate of drug-likeness (QED) is 0.601. The van der Waals surface area contributed by atoms with Gasteiger partial charge in [-0.1, -0.05) is 50.8 Å². The molecular weight excluding hydrogens is 203 g/mol. The van der Waals surface area contributed by atoms with Crippen molar-refractivity contribution < 1.29 is 64.3 Å². The van der Waals surface area contributed by atoms with Crippen LogP contribution in [-0.4, -0.2) is 6.98 Å². The molecule has 1 saturated carbocycles. The van der Waals surface area contributed by atoms with Crippen molar-refractivity contribution in [3.63, 3.8) is 0 Å². The van der Waals surface area contributed by atoms with E-state index >= 15 is 0 Å². The normalized spacial score (nSPS) is 29.5. The van der Waals surface area contributed by atoms with Gasteiger partial charge in [-0.05, 0) is 0 Å². The van der Waals surface area contributed by atoms with Crippen LogP contribution in [0.2, 0.25) is 5.82 Å². The van der Waals surface area contributed by atoms with E-state index in [0.717, 1.165) is 19.3 Å². The van der Waals surface area contributed by atoms with Crippen molar-refractivity contribution in [2.24, 2.45) is 5.92 Å². The molecule has 1 fully saturated rings. The van der Waals surface area contributed by atoms with Gasteiger partial charge in [-0.25, -0.2) is 0 Å². The van der Waals surface area contributed by atoms with Gasteiger partial charge < -0.3 is 12.9 Å². The topological polar surface area (TPSA) is 0 Å². The number of hydrogen-bond donors (Lipinski definition) is 0. The van der Waals surface area contributed by atoms with E-state index in [1.165, 1.54) is 0 Å². The van der Waals surface area contributed by atoms with E-state index in [1.807, 2.05) is 6.92 Å². The zero-order valence-corrected chi connectivity index (χ0v) is 11.5. The maximum Gasteiger partial charge on any atom is 1.00 e. The summed E-state index contributed by atoms with van der Waals surface area (Å²) in [6.45, 7) is -2.71. The van der Waals surface area contributed by atoms with Crippen molar-refractivity contribution in [3.8, 4) is 0 Å². The van der Waals surface area contributed by atoms with Gasteiger partial charge in [0.25, 0.3) is 0 Å². The largest absolute Gasteiger partial charge is 1.00 e. The van der Waals surface area contributed by atoms with Crippen LogP contribution in [0.4, 0.5) is 12.9 Å². The Kier molecular flexibility index (Phi) is 6.86. The second-order valence-electron chi connectivity index (χ2n) is 3.74. The summed E-state index contributed by atoms with van der Waals surface area (Å²) >= 11 is 0. The Bertz CT molecular complexity index is 149. The van der Waals surface area contributed by atoms with Gasteiger partial charge in [0.15, 0.2) is 0 Å². The molecule has 0 heterocycles. The van der Waals surface area contributed by atoms with Gasteiger partial charge >= 0.3 is 58.4 Å². The smallest absolute Gasteiger partial charge is 0.449 e. The van der Waals surface area contributed by atoms with E-state index in [0.29, 0.717) is 12.8 Å². The van der Waals surface area contributed by atoms with Crippen LogP contribution in [0.5, 0.6) is 0 Å². The summed E-state index contributed by atoms with van der Waals surface area (Å²) in [6.07, 6.45) is 3.60. The van der Waals surface area contributed by atoms with Crippen LogP contribution in [-0.2, 0) is 0 Å². The van der Waals surface area contributed by atoms with E-state index in [-0.39, 0.29) is 57.3 Å². The Balaban J connectivity index is 0.00000144. The second kappa shape index (κ2) is 6.16. The predicted molar refractivity (Wildman–Crippen MR) is 45.1 cm³/mol. The molecule has 0 aromatic rings. The van der Waals surface area contributed by atoms with Crippen molar-refractivity contribution in [3.05, 3.63) is 0 Å². The Morgan fingerprint density at radius 2 is 1.69 bits per heavy atom. The number of hydrogen-bond acceptors (Lipinski definition) is 0. The minimum absolute atomic E-state index is 0. The fraction of sp³-hybridized carbons (Fsp3) is 1.00. The molecule has 1 aliphatic carbocycles. The van der Waals surface area contributed by atoms with Gasteiger partial charge in [0.1, 0.15) is 0 Å². The van der Waals surface area contributed by atoms with Gasteiger partial charge in [-0.3, -0.25) is 0 Å². The first kappa shape index (κ1) is 14.5. The molecule has 13 heavy (non-hydrogen) atoms. The zero-order valence-electron chi connectivity index (χ0n) is 8.40. The molecule has 0 aromatic carbocycles. The predicted octanol–water partition coefficient (Wildman–Crippen LogP) is 0.808. The molecule has 72 valence electrons. The Labute approximate surface area is 121 Å². The van der Waals surface area contributed by atoms with Crippen LogP contribution in [0.3, 0.4) is 0 Å². The van der Waals surface area contributed by atoms with Crippen molar-refractivity contribution in [2.75, 3.05) is 0 Å². The summed E-state index contributed by atoms with van der Waals surface area (Å²) in [7, 11) is 0. The Hall–Kier alpha value is 1.49. The molecule has 0 spiro atoms. The van der Waals surface area contributed by atoms with E-state index < -0.39 is 12.8 Å². The molecule has 0 radical (unpaired) electrons. The maximum atomic E-state index is 12.4. The molecule has 0 unspecified atom stereocenters. The zero-order chi connectivity index (χ0) is 9.19.